The Labute approximate surface area is 255 Å². The molecule has 1 atom stereocenters. The van der Waals surface area contributed by atoms with Gasteiger partial charge >= 0.3 is 0 Å². The Kier molecular flexibility index (Phi) is 11.6. The highest BCUT2D eigenvalue weighted by molar-refractivity contribution is 9.10. The molecule has 0 radical (unpaired) electrons. The maximum atomic E-state index is 14.0. The van der Waals surface area contributed by atoms with Gasteiger partial charge in [0.2, 0.25) is 11.8 Å². The lowest BCUT2D eigenvalue weighted by Gasteiger charge is -2.32. The number of rotatable bonds is 13. The second kappa shape index (κ2) is 14.7. The number of nitrogens with one attached hydrogen (secondary N) is 1. The third-order valence-electron chi connectivity index (χ3n) is 6.55. The molecule has 11 heteroatoms. The van der Waals surface area contributed by atoms with Crippen LogP contribution in [0.2, 0.25) is 5.02 Å². The first-order valence-electron chi connectivity index (χ1n) is 13.2. The zero-order chi connectivity index (χ0) is 30.2. The minimum absolute atomic E-state index is 0.0201. The predicted octanol–water partition coefficient (Wildman–Crippen LogP) is 5.95. The Balaban J connectivity index is 2.04. The van der Waals surface area contributed by atoms with E-state index < -0.39 is 28.5 Å². The van der Waals surface area contributed by atoms with Gasteiger partial charge in [-0.3, -0.25) is 13.9 Å². The van der Waals surface area contributed by atoms with E-state index in [1.807, 2.05) is 38.1 Å². The van der Waals surface area contributed by atoms with E-state index in [-0.39, 0.29) is 28.1 Å². The second-order valence-electron chi connectivity index (χ2n) is 9.62. The van der Waals surface area contributed by atoms with E-state index in [4.69, 9.17) is 16.3 Å². The van der Waals surface area contributed by atoms with Crippen LogP contribution in [0.1, 0.15) is 37.8 Å². The van der Waals surface area contributed by atoms with E-state index in [9.17, 15) is 18.0 Å². The van der Waals surface area contributed by atoms with Gasteiger partial charge in [-0.15, -0.1) is 0 Å². The number of methoxy groups -OCH3 is 1. The molecule has 0 aliphatic heterocycles. The minimum atomic E-state index is -4.20. The van der Waals surface area contributed by atoms with Crippen LogP contribution in [0.4, 0.5) is 5.69 Å². The number of carbonyl (C=O) groups excluding carboxylic acids is 2. The molecule has 0 unspecified atom stereocenters. The van der Waals surface area contributed by atoms with Crippen LogP contribution in [0.25, 0.3) is 0 Å². The summed E-state index contributed by atoms with van der Waals surface area (Å²) in [5, 5.41) is 3.07. The van der Waals surface area contributed by atoms with Crippen molar-refractivity contribution >= 4 is 55.1 Å². The SMILES string of the molecule is CCCCNC(=O)[C@H](C)N(Cc1cccc(Br)c1)C(=O)CN(c1ccc(OC)c(Cl)c1)S(=O)(=O)c1ccc(C)cc1. The van der Waals surface area contributed by atoms with Crippen LogP contribution < -0.4 is 14.4 Å². The quantitative estimate of drug-likeness (QED) is 0.228. The number of nitrogens with zero attached hydrogens (tertiary/aromatic N) is 2. The van der Waals surface area contributed by atoms with Gasteiger partial charge in [-0.2, -0.15) is 0 Å². The van der Waals surface area contributed by atoms with Crippen LogP contribution in [0.15, 0.2) is 76.1 Å². The zero-order valence-corrected chi connectivity index (χ0v) is 26.7. The van der Waals surface area contributed by atoms with Gasteiger partial charge in [0.05, 0.1) is 22.7 Å². The van der Waals surface area contributed by atoms with E-state index in [2.05, 4.69) is 21.2 Å². The fourth-order valence-corrected chi connectivity index (χ4v) is 6.23. The van der Waals surface area contributed by atoms with Crippen molar-refractivity contribution in [2.24, 2.45) is 0 Å². The van der Waals surface area contributed by atoms with E-state index >= 15 is 0 Å². The lowest BCUT2D eigenvalue weighted by Crippen LogP contribution is -2.51. The van der Waals surface area contributed by atoms with Crippen molar-refractivity contribution in [3.8, 4) is 5.75 Å². The van der Waals surface area contributed by atoms with Gasteiger partial charge in [-0.25, -0.2) is 8.42 Å². The number of anilines is 1. The highest BCUT2D eigenvalue weighted by atomic mass is 79.9. The fraction of sp³-hybridized carbons (Fsp3) is 0.333. The first-order valence-corrected chi connectivity index (χ1v) is 15.8. The maximum Gasteiger partial charge on any atom is 0.264 e. The number of halogens is 2. The number of benzene rings is 3. The Morgan fingerprint density at radius 1 is 1.07 bits per heavy atom. The standard InChI is InChI=1S/C30H35BrClN3O5S/c1-5-6-16-33-30(37)22(3)34(19-23-8-7-9-24(31)17-23)29(36)20-35(25-12-15-28(40-4)27(32)18-25)41(38,39)26-13-10-21(2)11-14-26/h7-15,17-18,22H,5-6,16,19-20H2,1-4H3,(H,33,37)/t22-/m0/s1. The molecule has 0 saturated carbocycles. The molecular formula is C30H35BrClN3O5S. The average molecular weight is 665 g/mol. The molecular weight excluding hydrogens is 630 g/mol. The number of unbranched alkanes of at least 4 members (excludes halogenated alkanes) is 1. The molecule has 220 valence electrons. The normalized spacial score (nSPS) is 12.0. The van der Waals surface area contributed by atoms with Gasteiger partial charge in [0.1, 0.15) is 18.3 Å². The van der Waals surface area contributed by atoms with E-state index in [0.29, 0.717) is 12.3 Å². The predicted molar refractivity (Wildman–Crippen MR) is 166 cm³/mol. The van der Waals surface area contributed by atoms with Crippen molar-refractivity contribution in [1.82, 2.24) is 10.2 Å². The maximum absolute atomic E-state index is 14.0. The Hall–Kier alpha value is -3.08. The van der Waals surface area contributed by atoms with Crippen LogP contribution in [0, 0.1) is 6.92 Å². The molecule has 0 saturated heterocycles. The van der Waals surface area contributed by atoms with Crippen molar-refractivity contribution in [3.63, 3.8) is 0 Å². The van der Waals surface area contributed by atoms with Crippen molar-refractivity contribution < 1.29 is 22.7 Å². The Morgan fingerprint density at radius 3 is 2.39 bits per heavy atom. The smallest absolute Gasteiger partial charge is 0.264 e. The number of carbonyl (C=O) groups is 2. The molecule has 8 nitrogen and oxygen atoms in total. The van der Waals surface area contributed by atoms with Gasteiger partial charge < -0.3 is 15.0 Å². The lowest BCUT2D eigenvalue weighted by atomic mass is 10.1. The summed E-state index contributed by atoms with van der Waals surface area (Å²) in [6.07, 6.45) is 1.71. The average Bonchev–Trinajstić information content (AvgIpc) is 2.94. The summed E-state index contributed by atoms with van der Waals surface area (Å²) in [7, 11) is -2.74. The van der Waals surface area contributed by atoms with Crippen LogP contribution in [-0.4, -0.2) is 51.4 Å². The van der Waals surface area contributed by atoms with Crippen molar-refractivity contribution in [2.45, 2.75) is 51.1 Å². The van der Waals surface area contributed by atoms with Crippen LogP contribution >= 0.6 is 27.5 Å². The monoisotopic (exact) mass is 663 g/mol. The summed E-state index contributed by atoms with van der Waals surface area (Å²) >= 11 is 9.82. The molecule has 0 bridgehead atoms. The zero-order valence-electron chi connectivity index (χ0n) is 23.6. The first-order chi connectivity index (χ1) is 19.5. The molecule has 3 aromatic rings. The summed E-state index contributed by atoms with van der Waals surface area (Å²) in [6, 6.07) is 17.4. The van der Waals surface area contributed by atoms with Crippen molar-refractivity contribution in [3.05, 3.63) is 87.4 Å². The molecule has 0 spiro atoms. The summed E-state index contributed by atoms with van der Waals surface area (Å²) in [5.74, 6) is -0.504. The molecule has 1 N–H and O–H groups in total. The molecule has 3 rings (SSSR count). The third kappa shape index (κ3) is 8.47. The van der Waals surface area contributed by atoms with Gasteiger partial charge in [0, 0.05) is 17.6 Å². The number of hydrogen-bond donors (Lipinski definition) is 1. The lowest BCUT2D eigenvalue weighted by molar-refractivity contribution is -0.139. The van der Waals surface area contributed by atoms with Crippen molar-refractivity contribution in [2.75, 3.05) is 24.5 Å². The molecule has 2 amide bonds. The summed E-state index contributed by atoms with van der Waals surface area (Å²) < 4.78 is 35.0. The fourth-order valence-electron chi connectivity index (χ4n) is 4.13. The summed E-state index contributed by atoms with van der Waals surface area (Å²) in [5.41, 5.74) is 1.86. The van der Waals surface area contributed by atoms with E-state index in [1.54, 1.807) is 25.1 Å². The van der Waals surface area contributed by atoms with Gasteiger partial charge in [-0.1, -0.05) is 70.7 Å². The molecule has 0 heterocycles. The van der Waals surface area contributed by atoms with E-state index in [1.165, 1.54) is 36.3 Å². The third-order valence-corrected chi connectivity index (χ3v) is 9.13. The van der Waals surface area contributed by atoms with Crippen LogP contribution in [0.3, 0.4) is 0 Å². The molecule has 0 aliphatic rings. The van der Waals surface area contributed by atoms with Crippen LogP contribution in [-0.2, 0) is 26.2 Å². The van der Waals surface area contributed by atoms with Crippen molar-refractivity contribution in [1.29, 1.82) is 0 Å². The number of ether oxygens (including phenoxy) is 1. The molecule has 0 aliphatic carbocycles. The molecule has 0 aromatic heterocycles. The minimum Gasteiger partial charge on any atom is -0.495 e. The second-order valence-corrected chi connectivity index (χ2v) is 12.8. The number of aryl methyl sites for hydroxylation is 1. The molecule has 3 aromatic carbocycles. The van der Waals surface area contributed by atoms with Crippen LogP contribution in [0.5, 0.6) is 5.75 Å². The van der Waals surface area contributed by atoms with Gasteiger partial charge in [-0.05, 0) is 68.3 Å². The van der Waals surface area contributed by atoms with E-state index in [0.717, 1.165) is 32.7 Å². The van der Waals surface area contributed by atoms with Gasteiger partial charge in [0.25, 0.3) is 10.0 Å². The highest BCUT2D eigenvalue weighted by Crippen LogP contribution is 2.32. The number of sulfonamides is 1. The first kappa shape index (κ1) is 32.4. The van der Waals surface area contributed by atoms with Gasteiger partial charge in [0.15, 0.2) is 0 Å². The largest absolute Gasteiger partial charge is 0.495 e. The number of amides is 2. The molecule has 0 fully saturated rings. The molecule has 41 heavy (non-hydrogen) atoms. The number of hydrogen-bond acceptors (Lipinski definition) is 5. The summed E-state index contributed by atoms with van der Waals surface area (Å²) in [4.78, 5) is 28.5. The topological polar surface area (TPSA) is 96.0 Å². The Morgan fingerprint density at radius 2 is 1.78 bits per heavy atom. The highest BCUT2D eigenvalue weighted by Gasteiger charge is 2.32. The Bertz CT molecular complexity index is 1470. The summed E-state index contributed by atoms with van der Waals surface area (Å²) in [6.45, 7) is 5.54.